The molecule has 34 heavy (non-hydrogen) atoms. The van der Waals surface area contributed by atoms with Crippen molar-refractivity contribution in [2.24, 2.45) is 16.3 Å². The Morgan fingerprint density at radius 1 is 1.18 bits per heavy atom. The second-order valence-corrected chi connectivity index (χ2v) is 11.2. The first kappa shape index (κ1) is 24.3. The molecule has 0 fully saturated rings. The first-order valence-corrected chi connectivity index (χ1v) is 12.2. The van der Waals surface area contributed by atoms with Gasteiger partial charge < -0.3 is 4.57 Å². The topological polar surface area (TPSA) is 41.1 Å². The highest BCUT2D eigenvalue weighted by Crippen LogP contribution is 2.45. The van der Waals surface area contributed by atoms with Crippen molar-refractivity contribution < 1.29 is 13.2 Å². The summed E-state index contributed by atoms with van der Waals surface area (Å²) in [6.07, 6.45) is 0.274. The number of aliphatic imine (C=N–C) groups is 1. The van der Waals surface area contributed by atoms with Gasteiger partial charge in [-0.05, 0) is 74.3 Å². The molecule has 0 spiro atoms. The van der Waals surface area contributed by atoms with E-state index in [9.17, 15) is 18.4 Å². The summed E-state index contributed by atoms with van der Waals surface area (Å²) in [5.74, 6) is 0.577. The summed E-state index contributed by atoms with van der Waals surface area (Å²) in [6, 6.07) is 9.59. The Morgan fingerprint density at radius 3 is 2.56 bits per heavy atom. The molecule has 1 aliphatic carbocycles. The summed E-state index contributed by atoms with van der Waals surface area (Å²) in [5.41, 5.74) is 4.23. The Morgan fingerprint density at radius 2 is 1.91 bits per heavy atom. The van der Waals surface area contributed by atoms with E-state index in [1.807, 2.05) is 19.9 Å². The molecule has 0 saturated heterocycles. The molecule has 1 aliphatic rings. The number of alkyl halides is 3. The lowest BCUT2D eigenvalue weighted by Crippen LogP contribution is -2.26. The average Bonchev–Trinajstić information content (AvgIpc) is 3.26. The number of halogens is 3. The van der Waals surface area contributed by atoms with E-state index in [0.717, 1.165) is 53.9 Å². The van der Waals surface area contributed by atoms with E-state index in [0.29, 0.717) is 22.2 Å². The van der Waals surface area contributed by atoms with E-state index in [1.54, 1.807) is 28.2 Å². The van der Waals surface area contributed by atoms with Gasteiger partial charge in [-0.1, -0.05) is 26.8 Å². The number of rotatable bonds is 3. The van der Waals surface area contributed by atoms with Gasteiger partial charge in [-0.2, -0.15) is 18.4 Å². The smallest absolute Gasteiger partial charge is 0.318 e. The van der Waals surface area contributed by atoms with Crippen LogP contribution in [0.25, 0.3) is 5.69 Å². The van der Waals surface area contributed by atoms with Gasteiger partial charge in [-0.15, -0.1) is 11.3 Å². The Kier molecular flexibility index (Phi) is 6.24. The minimum absolute atomic E-state index is 0.221. The van der Waals surface area contributed by atoms with Crippen molar-refractivity contribution in [1.82, 2.24) is 4.57 Å². The van der Waals surface area contributed by atoms with Crippen LogP contribution in [0.15, 0.2) is 35.3 Å². The van der Waals surface area contributed by atoms with Crippen molar-refractivity contribution in [2.45, 2.75) is 60.1 Å². The lowest BCUT2D eigenvalue weighted by Gasteiger charge is -2.33. The van der Waals surface area contributed by atoms with Crippen LogP contribution in [0.1, 0.15) is 65.7 Å². The molecule has 1 atom stereocenters. The number of thiophene rings is 1. The molecular formula is C27H28F3N3S. The monoisotopic (exact) mass is 483 g/mol. The van der Waals surface area contributed by atoms with Gasteiger partial charge in [-0.25, -0.2) is 4.99 Å². The van der Waals surface area contributed by atoms with Gasteiger partial charge in [0.15, 0.2) is 0 Å². The van der Waals surface area contributed by atoms with Crippen LogP contribution in [0.5, 0.6) is 0 Å². The quantitative estimate of drug-likeness (QED) is 0.349. The van der Waals surface area contributed by atoms with Crippen molar-refractivity contribution in [3.63, 3.8) is 0 Å². The van der Waals surface area contributed by atoms with Gasteiger partial charge in [0.2, 0.25) is 0 Å². The Bertz CT molecular complexity index is 1300. The molecule has 0 radical (unpaired) electrons. The molecular weight excluding hydrogens is 455 g/mol. The minimum Gasteiger partial charge on any atom is -0.318 e. The Hall–Kier alpha value is -2.85. The van der Waals surface area contributed by atoms with Crippen molar-refractivity contribution in [1.29, 1.82) is 5.26 Å². The zero-order valence-corrected chi connectivity index (χ0v) is 20.9. The molecule has 0 aliphatic heterocycles. The van der Waals surface area contributed by atoms with Gasteiger partial charge in [0.05, 0.1) is 11.1 Å². The number of aromatic nitrogens is 1. The van der Waals surface area contributed by atoms with E-state index < -0.39 is 11.7 Å². The molecule has 7 heteroatoms. The maximum atomic E-state index is 13.2. The highest BCUT2D eigenvalue weighted by atomic mass is 32.1. The summed E-state index contributed by atoms with van der Waals surface area (Å²) in [5, 5.41) is 10.5. The zero-order chi connectivity index (χ0) is 24.8. The predicted molar refractivity (Wildman–Crippen MR) is 132 cm³/mol. The number of hydrogen-bond acceptors (Lipinski definition) is 3. The molecule has 4 rings (SSSR count). The third-order valence-electron chi connectivity index (χ3n) is 6.81. The number of aryl methyl sites for hydroxylation is 1. The first-order chi connectivity index (χ1) is 15.9. The molecule has 3 nitrogen and oxygen atoms in total. The molecule has 0 bridgehead atoms. The number of nitrogens with zero attached hydrogens (tertiary/aromatic N) is 3. The van der Waals surface area contributed by atoms with Crippen LogP contribution in [-0.2, 0) is 19.0 Å². The van der Waals surface area contributed by atoms with Crippen LogP contribution < -0.4 is 0 Å². The average molecular weight is 484 g/mol. The van der Waals surface area contributed by atoms with Crippen LogP contribution in [0.2, 0.25) is 0 Å². The molecule has 2 aromatic heterocycles. The molecule has 0 saturated carbocycles. The molecule has 1 aromatic carbocycles. The fraction of sp³-hybridized carbons (Fsp3) is 0.407. The number of nitriles is 1. The predicted octanol–water partition coefficient (Wildman–Crippen LogP) is 7.95. The minimum atomic E-state index is -4.40. The van der Waals surface area contributed by atoms with E-state index >= 15 is 0 Å². The number of hydrogen-bond donors (Lipinski definition) is 0. The van der Waals surface area contributed by atoms with Crippen molar-refractivity contribution in [2.75, 3.05) is 0 Å². The second-order valence-electron chi connectivity index (χ2n) is 10.1. The van der Waals surface area contributed by atoms with Crippen molar-refractivity contribution in [3.05, 3.63) is 68.9 Å². The fourth-order valence-corrected chi connectivity index (χ4v) is 6.00. The largest absolute Gasteiger partial charge is 0.416 e. The van der Waals surface area contributed by atoms with Gasteiger partial charge in [0.1, 0.15) is 11.1 Å². The van der Waals surface area contributed by atoms with E-state index in [2.05, 4.69) is 31.8 Å². The SMILES string of the molecule is Cc1cc(C=Nc2sc3c(c2C#N)CC[C@@H](C(C)(C)C)C3)c(C)n1-c1cccc(C(F)(F)F)c1. The summed E-state index contributed by atoms with van der Waals surface area (Å²) in [7, 11) is 0. The highest BCUT2D eigenvalue weighted by Gasteiger charge is 2.32. The standard InChI is InChI=1S/C27H28F3N3S/c1-16-11-18(17(2)33(16)21-8-6-7-20(12-21)27(28,29)30)15-32-25-23(14-31)22-10-9-19(26(3,4)5)13-24(22)34-25/h6-8,11-12,15,19H,9-10,13H2,1-5H3/t19-/m1/s1. The molecule has 0 amide bonds. The van der Waals surface area contributed by atoms with Crippen LogP contribution in [0, 0.1) is 36.5 Å². The summed E-state index contributed by atoms with van der Waals surface area (Å²) in [4.78, 5) is 5.94. The van der Waals surface area contributed by atoms with Crippen molar-refractivity contribution >= 4 is 22.6 Å². The normalized spacial score (nSPS) is 16.6. The van der Waals surface area contributed by atoms with E-state index in [4.69, 9.17) is 0 Å². The van der Waals surface area contributed by atoms with Crippen LogP contribution in [-0.4, -0.2) is 10.8 Å². The van der Waals surface area contributed by atoms with Gasteiger partial charge in [0.25, 0.3) is 0 Å². The first-order valence-electron chi connectivity index (χ1n) is 11.4. The lowest BCUT2D eigenvalue weighted by molar-refractivity contribution is -0.137. The number of benzene rings is 1. The van der Waals surface area contributed by atoms with Gasteiger partial charge >= 0.3 is 6.18 Å². The van der Waals surface area contributed by atoms with Crippen molar-refractivity contribution in [3.8, 4) is 11.8 Å². The van der Waals surface area contributed by atoms with Crippen LogP contribution >= 0.6 is 11.3 Å². The van der Waals surface area contributed by atoms with Crippen LogP contribution in [0.4, 0.5) is 18.2 Å². The van der Waals surface area contributed by atoms with E-state index in [1.165, 1.54) is 10.9 Å². The molecule has 178 valence electrons. The van der Waals surface area contributed by atoms with Crippen LogP contribution in [0.3, 0.4) is 0 Å². The van der Waals surface area contributed by atoms with E-state index in [-0.39, 0.29) is 5.41 Å². The zero-order valence-electron chi connectivity index (χ0n) is 20.0. The maximum Gasteiger partial charge on any atom is 0.416 e. The summed E-state index contributed by atoms with van der Waals surface area (Å²) >= 11 is 1.59. The lowest BCUT2D eigenvalue weighted by atomic mass is 9.72. The summed E-state index contributed by atoms with van der Waals surface area (Å²) in [6.45, 7) is 10.5. The molecule has 0 N–H and O–H groups in total. The number of fused-ring (bicyclic) bond motifs is 1. The highest BCUT2D eigenvalue weighted by molar-refractivity contribution is 7.16. The fourth-order valence-electron chi connectivity index (χ4n) is 4.78. The molecule has 3 aromatic rings. The third-order valence-corrected chi connectivity index (χ3v) is 7.97. The molecule has 2 heterocycles. The molecule has 0 unspecified atom stereocenters. The summed E-state index contributed by atoms with van der Waals surface area (Å²) < 4.78 is 41.4. The maximum absolute atomic E-state index is 13.2. The van der Waals surface area contributed by atoms with Gasteiger partial charge in [0, 0.05) is 33.7 Å². The van der Waals surface area contributed by atoms with Gasteiger partial charge in [-0.3, -0.25) is 0 Å². The second kappa shape index (κ2) is 8.74. The Balaban J connectivity index is 1.67. The third kappa shape index (κ3) is 4.56. The Labute approximate surface area is 202 Å².